The highest BCUT2D eigenvalue weighted by Gasteiger charge is 2.27. The van der Waals surface area contributed by atoms with Gasteiger partial charge in [0.25, 0.3) is 0 Å². The number of piperidine rings is 1. The molecular formula is C21H22N8O. The number of carbonyl (C=O) groups is 1. The summed E-state index contributed by atoms with van der Waals surface area (Å²) in [7, 11) is 0. The number of para-hydroxylation sites is 2. The van der Waals surface area contributed by atoms with Gasteiger partial charge in [-0.2, -0.15) is 0 Å². The first-order chi connectivity index (χ1) is 14.7. The molecule has 3 aromatic heterocycles. The van der Waals surface area contributed by atoms with Crippen LogP contribution in [0.25, 0.3) is 16.9 Å². The number of nitrogens with one attached hydrogen (secondary N) is 2. The zero-order chi connectivity index (χ0) is 20.5. The number of anilines is 2. The molecule has 30 heavy (non-hydrogen) atoms. The molecule has 1 unspecified atom stereocenters. The zero-order valence-corrected chi connectivity index (χ0v) is 16.6. The number of amides is 1. The normalized spacial score (nSPS) is 16.7. The van der Waals surface area contributed by atoms with Crippen LogP contribution in [0.15, 0.2) is 48.8 Å². The maximum absolute atomic E-state index is 12.8. The van der Waals surface area contributed by atoms with Crippen molar-refractivity contribution in [2.45, 2.75) is 19.8 Å². The molecule has 0 bridgehead atoms. The van der Waals surface area contributed by atoms with Crippen LogP contribution in [-0.4, -0.2) is 48.7 Å². The summed E-state index contributed by atoms with van der Waals surface area (Å²) in [6.07, 6.45) is 5.35. The Kier molecular flexibility index (Phi) is 4.62. The maximum atomic E-state index is 12.8. The Morgan fingerprint density at radius 2 is 2.00 bits per heavy atom. The van der Waals surface area contributed by atoms with Gasteiger partial charge in [0.1, 0.15) is 5.82 Å². The molecule has 5 rings (SSSR count). The van der Waals surface area contributed by atoms with E-state index < -0.39 is 0 Å². The third kappa shape index (κ3) is 3.49. The van der Waals surface area contributed by atoms with E-state index in [4.69, 9.17) is 0 Å². The number of H-pyrrole nitrogens is 1. The molecule has 1 aliphatic rings. The van der Waals surface area contributed by atoms with Gasteiger partial charge in [0, 0.05) is 25.5 Å². The van der Waals surface area contributed by atoms with E-state index in [-0.39, 0.29) is 11.8 Å². The molecule has 152 valence electrons. The topological polar surface area (TPSA) is 105 Å². The van der Waals surface area contributed by atoms with Gasteiger partial charge in [0.2, 0.25) is 11.9 Å². The van der Waals surface area contributed by atoms with E-state index in [1.807, 2.05) is 54.1 Å². The second-order valence-corrected chi connectivity index (χ2v) is 7.47. The van der Waals surface area contributed by atoms with Gasteiger partial charge < -0.3 is 9.88 Å². The zero-order valence-electron chi connectivity index (χ0n) is 16.6. The summed E-state index contributed by atoms with van der Waals surface area (Å²) in [4.78, 5) is 26.7. The average Bonchev–Trinajstić information content (AvgIpc) is 3.39. The molecule has 4 heterocycles. The predicted octanol–water partition coefficient (Wildman–Crippen LogP) is 2.70. The molecule has 9 nitrogen and oxygen atoms in total. The Balaban J connectivity index is 1.27. The number of carbonyl (C=O) groups excluding carboxylic acids is 1. The van der Waals surface area contributed by atoms with Crippen LogP contribution < -0.4 is 10.2 Å². The Labute approximate surface area is 173 Å². The molecule has 4 aromatic rings. The molecule has 1 saturated heterocycles. The van der Waals surface area contributed by atoms with Crippen molar-refractivity contribution in [1.29, 1.82) is 0 Å². The third-order valence-electron chi connectivity index (χ3n) is 5.46. The van der Waals surface area contributed by atoms with Crippen molar-refractivity contribution in [3.63, 3.8) is 0 Å². The van der Waals surface area contributed by atoms with Crippen LogP contribution in [0.5, 0.6) is 0 Å². The van der Waals surface area contributed by atoms with Crippen molar-refractivity contribution in [3.8, 4) is 5.82 Å². The second kappa shape index (κ2) is 7.58. The minimum atomic E-state index is -0.135. The van der Waals surface area contributed by atoms with Gasteiger partial charge >= 0.3 is 0 Å². The van der Waals surface area contributed by atoms with Gasteiger partial charge in [-0.25, -0.2) is 9.97 Å². The highest BCUT2D eigenvalue weighted by Crippen LogP contribution is 2.23. The monoisotopic (exact) mass is 402 g/mol. The second-order valence-electron chi connectivity index (χ2n) is 7.47. The lowest BCUT2D eigenvalue weighted by atomic mass is 9.97. The molecule has 0 aliphatic carbocycles. The lowest BCUT2D eigenvalue weighted by molar-refractivity contribution is -0.120. The van der Waals surface area contributed by atoms with Gasteiger partial charge in [-0.05, 0) is 44.0 Å². The number of hydrogen-bond donors (Lipinski definition) is 2. The Bertz CT molecular complexity index is 1150. The molecule has 9 heteroatoms. The number of rotatable bonds is 4. The van der Waals surface area contributed by atoms with Crippen LogP contribution in [-0.2, 0) is 4.79 Å². The number of benzene rings is 1. The van der Waals surface area contributed by atoms with E-state index >= 15 is 0 Å². The lowest BCUT2D eigenvalue weighted by Crippen LogP contribution is -2.41. The first kappa shape index (κ1) is 18.3. The van der Waals surface area contributed by atoms with Crippen LogP contribution in [0.3, 0.4) is 0 Å². The number of fused-ring (bicyclic) bond motifs is 1. The molecule has 1 amide bonds. The molecule has 0 saturated carbocycles. The highest BCUT2D eigenvalue weighted by molar-refractivity contribution is 5.93. The molecule has 2 N–H and O–H groups in total. The Hall–Kier alpha value is -3.75. The number of imidazole rings is 2. The van der Waals surface area contributed by atoms with Crippen LogP contribution in [0.4, 0.5) is 11.8 Å². The standard InChI is InChI=1S/C21H22N8O/c1-14-22-10-12-29(14)19-9-8-18(26-27-19)28-11-4-5-15(13-28)20(30)25-21-23-16-6-2-3-7-17(16)24-21/h2-3,6-10,12,15H,4-5,11,13H2,1H3,(H2,23,24,25,30). The Morgan fingerprint density at radius 1 is 1.17 bits per heavy atom. The molecule has 1 aliphatic heterocycles. The molecular weight excluding hydrogens is 380 g/mol. The van der Waals surface area contributed by atoms with Gasteiger partial charge in [0.05, 0.1) is 17.0 Å². The van der Waals surface area contributed by atoms with Crippen LogP contribution in [0.1, 0.15) is 18.7 Å². The predicted molar refractivity (Wildman–Crippen MR) is 114 cm³/mol. The minimum absolute atomic E-state index is 0.0302. The molecule has 1 fully saturated rings. The van der Waals surface area contributed by atoms with Crippen molar-refractivity contribution < 1.29 is 4.79 Å². The number of aryl methyl sites for hydroxylation is 1. The minimum Gasteiger partial charge on any atom is -0.354 e. The van der Waals surface area contributed by atoms with Gasteiger partial charge in [-0.15, -0.1) is 10.2 Å². The first-order valence-electron chi connectivity index (χ1n) is 10.0. The third-order valence-corrected chi connectivity index (χ3v) is 5.46. The molecule has 0 radical (unpaired) electrons. The molecule has 0 spiro atoms. The number of nitrogens with zero attached hydrogens (tertiary/aromatic N) is 6. The van der Waals surface area contributed by atoms with Crippen molar-refractivity contribution in [3.05, 3.63) is 54.6 Å². The number of aromatic amines is 1. The number of aromatic nitrogens is 6. The van der Waals surface area contributed by atoms with Gasteiger partial charge in [-0.1, -0.05) is 12.1 Å². The summed E-state index contributed by atoms with van der Waals surface area (Å²) in [6, 6.07) is 11.6. The summed E-state index contributed by atoms with van der Waals surface area (Å²) >= 11 is 0. The van der Waals surface area contributed by atoms with E-state index in [1.165, 1.54) is 0 Å². The number of hydrogen-bond acceptors (Lipinski definition) is 6. The summed E-state index contributed by atoms with van der Waals surface area (Å²) in [5, 5.41) is 11.6. The van der Waals surface area contributed by atoms with Gasteiger partial charge in [0.15, 0.2) is 11.6 Å². The lowest BCUT2D eigenvalue weighted by Gasteiger charge is -2.32. The van der Waals surface area contributed by atoms with E-state index in [0.29, 0.717) is 12.5 Å². The van der Waals surface area contributed by atoms with Crippen molar-refractivity contribution in [1.82, 2.24) is 29.7 Å². The van der Waals surface area contributed by atoms with Gasteiger partial charge in [-0.3, -0.25) is 14.7 Å². The summed E-state index contributed by atoms with van der Waals surface area (Å²) < 4.78 is 1.89. The quantitative estimate of drug-likeness (QED) is 0.544. The maximum Gasteiger partial charge on any atom is 0.231 e. The largest absolute Gasteiger partial charge is 0.354 e. The van der Waals surface area contributed by atoms with E-state index in [1.54, 1.807) is 6.20 Å². The van der Waals surface area contributed by atoms with Crippen LogP contribution in [0.2, 0.25) is 0 Å². The summed E-state index contributed by atoms with van der Waals surface area (Å²) in [5.41, 5.74) is 1.74. The smallest absolute Gasteiger partial charge is 0.231 e. The highest BCUT2D eigenvalue weighted by atomic mass is 16.2. The molecule has 1 aromatic carbocycles. The van der Waals surface area contributed by atoms with Crippen molar-refractivity contribution in [2.75, 3.05) is 23.3 Å². The fourth-order valence-electron chi connectivity index (χ4n) is 3.87. The van der Waals surface area contributed by atoms with Crippen molar-refractivity contribution >= 4 is 28.7 Å². The van der Waals surface area contributed by atoms with E-state index in [0.717, 1.165) is 47.9 Å². The average molecular weight is 402 g/mol. The van der Waals surface area contributed by atoms with Crippen molar-refractivity contribution in [2.24, 2.45) is 5.92 Å². The van der Waals surface area contributed by atoms with E-state index in [2.05, 4.69) is 35.4 Å². The summed E-state index contributed by atoms with van der Waals surface area (Å²) in [5.74, 6) is 2.68. The first-order valence-corrected chi connectivity index (χ1v) is 10.0. The molecule has 1 atom stereocenters. The SMILES string of the molecule is Cc1nccn1-c1ccc(N2CCCC(C(=O)Nc3nc4ccccc4[nH]3)C2)nn1. The summed E-state index contributed by atoms with van der Waals surface area (Å²) in [6.45, 7) is 3.38. The fourth-order valence-corrected chi connectivity index (χ4v) is 3.87. The fraction of sp³-hybridized carbons (Fsp3) is 0.286. The Morgan fingerprint density at radius 3 is 2.77 bits per heavy atom. The van der Waals surface area contributed by atoms with Crippen LogP contribution >= 0.6 is 0 Å². The van der Waals surface area contributed by atoms with E-state index in [9.17, 15) is 4.79 Å². The van der Waals surface area contributed by atoms with Crippen LogP contribution in [0, 0.1) is 12.8 Å².